The molecule has 6 atom stereocenters. The van der Waals surface area contributed by atoms with Crippen LogP contribution in [0.5, 0.6) is 0 Å². The minimum absolute atomic E-state index is 0.00515. The molecule has 1 N–H and O–H groups in total. The number of rotatable bonds is 4. The van der Waals surface area contributed by atoms with E-state index >= 15 is 0 Å². The molecule has 0 spiro atoms. The van der Waals surface area contributed by atoms with E-state index in [-0.39, 0.29) is 24.2 Å². The summed E-state index contributed by atoms with van der Waals surface area (Å²) >= 11 is 0. The van der Waals surface area contributed by atoms with E-state index in [0.717, 1.165) is 19.6 Å². The minimum atomic E-state index is -0.768. The molecule has 5 nitrogen and oxygen atoms in total. The molecule has 0 aromatic heterocycles. The normalized spacial score (nSPS) is 38.5. The number of hydrogen-bond acceptors (Lipinski definition) is 5. The smallest absolute Gasteiger partial charge is 0.191 e. The van der Waals surface area contributed by atoms with Crippen LogP contribution in [0.1, 0.15) is 26.3 Å². The summed E-state index contributed by atoms with van der Waals surface area (Å²) in [6.45, 7) is 8.15. The van der Waals surface area contributed by atoms with Gasteiger partial charge in [0.05, 0.1) is 18.3 Å². The van der Waals surface area contributed by atoms with Gasteiger partial charge in [0.25, 0.3) is 0 Å². The van der Waals surface area contributed by atoms with Crippen LogP contribution in [-0.2, 0) is 20.8 Å². The first kappa shape index (κ1) is 17.8. The summed E-state index contributed by atoms with van der Waals surface area (Å²) in [4.78, 5) is 2.35. The maximum absolute atomic E-state index is 10.3. The van der Waals surface area contributed by atoms with Gasteiger partial charge in [0.15, 0.2) is 5.79 Å². The lowest BCUT2D eigenvalue weighted by atomic mass is 9.86. The first-order valence-corrected chi connectivity index (χ1v) is 8.75. The van der Waals surface area contributed by atoms with Crippen LogP contribution in [0, 0.1) is 5.92 Å². The van der Waals surface area contributed by atoms with Gasteiger partial charge in [-0.15, -0.1) is 0 Å². The monoisotopic (exact) mass is 335 g/mol. The number of aliphatic hydroxyl groups is 1. The van der Waals surface area contributed by atoms with Gasteiger partial charge >= 0.3 is 0 Å². The van der Waals surface area contributed by atoms with E-state index < -0.39 is 11.9 Å². The zero-order valence-corrected chi connectivity index (χ0v) is 15.0. The van der Waals surface area contributed by atoms with Crippen LogP contribution in [0.4, 0.5) is 0 Å². The van der Waals surface area contributed by atoms with Gasteiger partial charge in [-0.25, -0.2) is 0 Å². The molecule has 2 heterocycles. The molecule has 6 unspecified atom stereocenters. The highest BCUT2D eigenvalue weighted by molar-refractivity contribution is 5.15. The van der Waals surface area contributed by atoms with E-state index in [1.807, 2.05) is 26.8 Å². The van der Waals surface area contributed by atoms with E-state index in [1.165, 1.54) is 5.56 Å². The number of aliphatic hydroxyl groups excluding tert-OH is 1. The molecule has 5 heteroatoms. The quantitative estimate of drug-likeness (QED) is 0.912. The Labute approximate surface area is 144 Å². The first-order chi connectivity index (χ1) is 11.4. The topological polar surface area (TPSA) is 51.2 Å². The molecule has 1 aromatic rings. The van der Waals surface area contributed by atoms with Crippen LogP contribution in [0.25, 0.3) is 0 Å². The van der Waals surface area contributed by atoms with Gasteiger partial charge in [-0.05, 0) is 26.3 Å². The largest absolute Gasteiger partial charge is 0.393 e. The number of likely N-dealkylation sites (tertiary alicyclic amines) is 1. The number of ether oxygens (including phenoxy) is 3. The lowest BCUT2D eigenvalue weighted by Gasteiger charge is -2.53. The van der Waals surface area contributed by atoms with Crippen molar-refractivity contribution >= 4 is 0 Å². The molecule has 24 heavy (non-hydrogen) atoms. The van der Waals surface area contributed by atoms with Crippen molar-refractivity contribution in [1.29, 1.82) is 0 Å². The van der Waals surface area contributed by atoms with E-state index in [1.54, 1.807) is 7.11 Å². The second kappa shape index (κ2) is 7.10. The SMILES string of the molecule is COC1(C)OC2C(CN(Cc3ccccc3)CC2C(C)O)OC1C. The van der Waals surface area contributed by atoms with Crippen molar-refractivity contribution in [3.63, 3.8) is 0 Å². The van der Waals surface area contributed by atoms with Crippen LogP contribution >= 0.6 is 0 Å². The van der Waals surface area contributed by atoms with Crippen molar-refractivity contribution in [2.45, 2.75) is 57.5 Å². The summed E-state index contributed by atoms with van der Waals surface area (Å²) in [7, 11) is 1.64. The second-order valence-corrected chi connectivity index (χ2v) is 7.20. The average Bonchev–Trinajstić information content (AvgIpc) is 2.56. The molecular weight excluding hydrogens is 306 g/mol. The second-order valence-electron chi connectivity index (χ2n) is 7.20. The number of piperidine rings is 1. The Hall–Kier alpha value is -0.980. The van der Waals surface area contributed by atoms with Crippen LogP contribution in [0.2, 0.25) is 0 Å². The van der Waals surface area contributed by atoms with Crippen molar-refractivity contribution in [2.24, 2.45) is 5.92 Å². The van der Waals surface area contributed by atoms with Crippen LogP contribution in [0.3, 0.4) is 0 Å². The fourth-order valence-electron chi connectivity index (χ4n) is 3.76. The summed E-state index contributed by atoms with van der Waals surface area (Å²) in [6, 6.07) is 10.4. The number of hydrogen-bond donors (Lipinski definition) is 1. The molecule has 0 bridgehead atoms. The molecule has 1 aromatic carbocycles. The number of fused-ring (bicyclic) bond motifs is 1. The predicted octanol–water partition coefficient (Wildman–Crippen LogP) is 2.03. The summed E-state index contributed by atoms with van der Waals surface area (Å²) in [5.74, 6) is -0.773. The Balaban J connectivity index is 1.76. The van der Waals surface area contributed by atoms with Crippen molar-refractivity contribution in [2.75, 3.05) is 20.2 Å². The van der Waals surface area contributed by atoms with E-state index in [4.69, 9.17) is 14.2 Å². The first-order valence-electron chi connectivity index (χ1n) is 8.75. The Morgan fingerprint density at radius 1 is 1.33 bits per heavy atom. The lowest BCUT2D eigenvalue weighted by molar-refractivity contribution is -0.365. The van der Waals surface area contributed by atoms with Crippen LogP contribution in [0.15, 0.2) is 30.3 Å². The third kappa shape index (κ3) is 3.51. The summed E-state index contributed by atoms with van der Waals surface area (Å²) < 4.78 is 18.1. The molecule has 0 amide bonds. The molecule has 0 radical (unpaired) electrons. The highest BCUT2D eigenvalue weighted by Gasteiger charge is 2.51. The lowest BCUT2D eigenvalue weighted by Crippen LogP contribution is -2.65. The Kier molecular flexibility index (Phi) is 5.27. The third-order valence-electron chi connectivity index (χ3n) is 5.46. The predicted molar refractivity (Wildman–Crippen MR) is 91.5 cm³/mol. The Morgan fingerprint density at radius 2 is 2.04 bits per heavy atom. The zero-order valence-electron chi connectivity index (χ0n) is 15.0. The third-order valence-corrected chi connectivity index (χ3v) is 5.46. The highest BCUT2D eigenvalue weighted by Crippen LogP contribution is 2.37. The number of nitrogens with zero attached hydrogens (tertiary/aromatic N) is 1. The standard InChI is InChI=1S/C19H29NO4/c1-13(21)16-11-20(10-15-8-6-5-7-9-15)12-17-18(16)24-19(3,22-4)14(2)23-17/h5-9,13-14,16-18,21H,10-12H2,1-4H3. The maximum atomic E-state index is 10.3. The van der Waals surface area contributed by atoms with Crippen LogP contribution < -0.4 is 0 Å². The fourth-order valence-corrected chi connectivity index (χ4v) is 3.76. The average molecular weight is 335 g/mol. The van der Waals surface area contributed by atoms with Gasteiger partial charge in [0.1, 0.15) is 6.10 Å². The van der Waals surface area contributed by atoms with Gasteiger partial charge in [0, 0.05) is 32.7 Å². The molecule has 0 saturated carbocycles. The molecule has 2 saturated heterocycles. The summed E-state index contributed by atoms with van der Waals surface area (Å²) in [6.07, 6.45) is -0.831. The molecule has 2 aliphatic rings. The molecule has 0 aliphatic carbocycles. The number of benzene rings is 1. The van der Waals surface area contributed by atoms with Crippen molar-refractivity contribution in [3.05, 3.63) is 35.9 Å². The molecule has 2 aliphatic heterocycles. The van der Waals surface area contributed by atoms with E-state index in [2.05, 4.69) is 29.2 Å². The van der Waals surface area contributed by atoms with E-state index in [0.29, 0.717) is 0 Å². The molecule has 134 valence electrons. The molecular formula is C19H29NO4. The highest BCUT2D eigenvalue weighted by atomic mass is 16.7. The summed E-state index contributed by atoms with van der Waals surface area (Å²) in [5.41, 5.74) is 1.27. The van der Waals surface area contributed by atoms with Crippen molar-refractivity contribution in [3.8, 4) is 0 Å². The van der Waals surface area contributed by atoms with Gasteiger partial charge in [-0.1, -0.05) is 30.3 Å². The van der Waals surface area contributed by atoms with Crippen molar-refractivity contribution < 1.29 is 19.3 Å². The van der Waals surface area contributed by atoms with E-state index in [9.17, 15) is 5.11 Å². The van der Waals surface area contributed by atoms with Crippen molar-refractivity contribution in [1.82, 2.24) is 4.90 Å². The fraction of sp³-hybridized carbons (Fsp3) is 0.684. The Morgan fingerprint density at radius 3 is 2.67 bits per heavy atom. The number of methoxy groups -OCH3 is 1. The minimum Gasteiger partial charge on any atom is -0.393 e. The van der Waals surface area contributed by atoms with Gasteiger partial charge in [0.2, 0.25) is 0 Å². The molecule has 2 fully saturated rings. The Bertz CT molecular complexity index is 537. The summed E-state index contributed by atoms with van der Waals surface area (Å²) in [5, 5.41) is 10.3. The zero-order chi connectivity index (χ0) is 17.3. The van der Waals surface area contributed by atoms with Crippen LogP contribution in [-0.4, -0.2) is 60.4 Å². The van der Waals surface area contributed by atoms with Gasteiger partial charge in [-0.2, -0.15) is 0 Å². The molecule has 3 rings (SSSR count). The van der Waals surface area contributed by atoms with Gasteiger partial charge < -0.3 is 19.3 Å². The van der Waals surface area contributed by atoms with Gasteiger partial charge in [-0.3, -0.25) is 4.90 Å². The maximum Gasteiger partial charge on any atom is 0.191 e.